The molecule has 3 rings (SSSR count). The van der Waals surface area contributed by atoms with E-state index < -0.39 is 23.0 Å². The van der Waals surface area contributed by atoms with E-state index in [1.54, 1.807) is 4.90 Å². The predicted molar refractivity (Wildman–Crippen MR) is 89.9 cm³/mol. The second-order valence-corrected chi connectivity index (χ2v) is 6.53. The highest BCUT2D eigenvalue weighted by Crippen LogP contribution is 2.28. The Morgan fingerprint density at radius 2 is 1.73 bits per heavy atom. The van der Waals surface area contributed by atoms with Crippen LogP contribution < -0.4 is 5.73 Å². The first-order chi connectivity index (χ1) is 12.3. The lowest BCUT2D eigenvalue weighted by Crippen LogP contribution is -2.68. The van der Waals surface area contributed by atoms with Gasteiger partial charge in [-0.2, -0.15) is 0 Å². The summed E-state index contributed by atoms with van der Waals surface area (Å²) < 4.78 is 40.2. The van der Waals surface area contributed by atoms with Crippen LogP contribution in [0.15, 0.2) is 36.4 Å². The van der Waals surface area contributed by atoms with Gasteiger partial charge in [-0.1, -0.05) is 12.1 Å². The van der Waals surface area contributed by atoms with Gasteiger partial charge in [-0.05, 0) is 36.2 Å². The van der Waals surface area contributed by atoms with Crippen molar-refractivity contribution in [3.05, 3.63) is 59.4 Å². The van der Waals surface area contributed by atoms with Crippen molar-refractivity contribution in [3.8, 4) is 11.1 Å². The average Bonchev–Trinajstić information content (AvgIpc) is 2.62. The number of nitrogens with zero attached hydrogens (tertiary/aromatic N) is 1. The van der Waals surface area contributed by atoms with E-state index in [0.29, 0.717) is 37.1 Å². The zero-order chi connectivity index (χ0) is 18.9. The third-order valence-corrected chi connectivity index (χ3v) is 4.54. The molecule has 0 radical (unpaired) electrons. The molecular formula is C19H17F3N2O2. The number of hydrogen-bond donors (Lipinski definition) is 1. The largest absolute Gasteiger partial charge is 0.335 e. The monoisotopic (exact) mass is 362 g/mol. The summed E-state index contributed by atoms with van der Waals surface area (Å²) in [6.07, 6.45) is 1.68. The molecule has 1 aliphatic heterocycles. The average molecular weight is 362 g/mol. The van der Waals surface area contributed by atoms with Crippen molar-refractivity contribution in [2.75, 3.05) is 13.1 Å². The zero-order valence-corrected chi connectivity index (χ0v) is 13.8. The Morgan fingerprint density at radius 3 is 2.35 bits per heavy atom. The van der Waals surface area contributed by atoms with Gasteiger partial charge in [0.25, 0.3) is 5.91 Å². The number of aldehydes is 1. The van der Waals surface area contributed by atoms with Crippen molar-refractivity contribution < 1.29 is 22.8 Å². The summed E-state index contributed by atoms with van der Waals surface area (Å²) in [6, 6.07) is 7.96. The van der Waals surface area contributed by atoms with E-state index in [4.69, 9.17) is 5.73 Å². The van der Waals surface area contributed by atoms with Gasteiger partial charge in [0.15, 0.2) is 17.5 Å². The fourth-order valence-corrected chi connectivity index (χ4v) is 3.09. The summed E-state index contributed by atoms with van der Waals surface area (Å²) in [4.78, 5) is 24.4. The minimum atomic E-state index is -1.53. The standard InChI is InChI=1S/C19H17F3N2O2/c20-15-7-6-14(16(21)17(15)22)12-2-4-13(5-3-12)18(26)24-10-19(23,11-24)8-1-9-25/h2-7,9H,1,8,10-11,23H2. The highest BCUT2D eigenvalue weighted by Gasteiger charge is 2.41. The fraction of sp³-hybridized carbons (Fsp3) is 0.263. The number of nitrogens with two attached hydrogens (primary N) is 1. The smallest absolute Gasteiger partial charge is 0.253 e. The lowest BCUT2D eigenvalue weighted by molar-refractivity contribution is -0.108. The van der Waals surface area contributed by atoms with Gasteiger partial charge in [0.05, 0.1) is 5.54 Å². The molecule has 7 heteroatoms. The predicted octanol–water partition coefficient (Wildman–Crippen LogP) is 2.90. The summed E-state index contributed by atoms with van der Waals surface area (Å²) >= 11 is 0. The van der Waals surface area contributed by atoms with Gasteiger partial charge in [-0.15, -0.1) is 0 Å². The van der Waals surface area contributed by atoms with Crippen LogP contribution in [0.3, 0.4) is 0 Å². The Kier molecular flexibility index (Phi) is 4.82. The molecule has 1 aliphatic rings. The molecule has 26 heavy (non-hydrogen) atoms. The van der Waals surface area contributed by atoms with E-state index in [9.17, 15) is 22.8 Å². The lowest BCUT2D eigenvalue weighted by Gasteiger charge is -2.47. The molecule has 2 aromatic rings. The topological polar surface area (TPSA) is 63.4 Å². The Labute approximate surface area is 148 Å². The number of carbonyl (C=O) groups is 2. The van der Waals surface area contributed by atoms with Crippen molar-refractivity contribution in [3.63, 3.8) is 0 Å². The van der Waals surface area contributed by atoms with Crippen molar-refractivity contribution in [2.45, 2.75) is 18.4 Å². The Bertz CT molecular complexity index is 847. The number of likely N-dealkylation sites (tertiary alicyclic amines) is 1. The third kappa shape index (κ3) is 3.35. The third-order valence-electron chi connectivity index (χ3n) is 4.54. The normalized spacial score (nSPS) is 15.5. The van der Waals surface area contributed by atoms with E-state index in [2.05, 4.69) is 0 Å². The molecule has 0 atom stereocenters. The number of halogens is 3. The molecule has 0 bridgehead atoms. The van der Waals surface area contributed by atoms with E-state index in [1.165, 1.54) is 24.3 Å². The summed E-state index contributed by atoms with van der Waals surface area (Å²) in [7, 11) is 0. The molecule has 1 heterocycles. The molecule has 1 amide bonds. The van der Waals surface area contributed by atoms with Crippen LogP contribution in [-0.2, 0) is 4.79 Å². The Balaban J connectivity index is 1.72. The summed E-state index contributed by atoms with van der Waals surface area (Å²) in [5.41, 5.74) is 6.18. The molecule has 4 nitrogen and oxygen atoms in total. The quantitative estimate of drug-likeness (QED) is 0.657. The number of rotatable bonds is 5. The first kappa shape index (κ1) is 18.1. The van der Waals surface area contributed by atoms with Gasteiger partial charge in [0, 0.05) is 30.6 Å². The number of hydrogen-bond acceptors (Lipinski definition) is 3. The van der Waals surface area contributed by atoms with E-state index >= 15 is 0 Å². The summed E-state index contributed by atoms with van der Waals surface area (Å²) in [6.45, 7) is 0.721. The molecule has 0 unspecified atom stereocenters. The first-order valence-electron chi connectivity index (χ1n) is 8.10. The van der Waals surface area contributed by atoms with Gasteiger partial charge >= 0.3 is 0 Å². The Hall–Kier alpha value is -2.67. The van der Waals surface area contributed by atoms with E-state index in [0.717, 1.165) is 18.4 Å². The molecular weight excluding hydrogens is 345 g/mol. The van der Waals surface area contributed by atoms with Crippen molar-refractivity contribution in [2.24, 2.45) is 5.73 Å². The maximum Gasteiger partial charge on any atom is 0.253 e. The molecule has 2 aromatic carbocycles. The zero-order valence-electron chi connectivity index (χ0n) is 13.8. The molecule has 1 saturated heterocycles. The van der Waals surface area contributed by atoms with Gasteiger partial charge < -0.3 is 15.4 Å². The van der Waals surface area contributed by atoms with Crippen molar-refractivity contribution >= 4 is 12.2 Å². The molecule has 0 aromatic heterocycles. The van der Waals surface area contributed by atoms with E-state index in [-0.39, 0.29) is 11.5 Å². The van der Waals surface area contributed by atoms with Gasteiger partial charge in [-0.25, -0.2) is 13.2 Å². The molecule has 0 aliphatic carbocycles. The molecule has 0 spiro atoms. The Morgan fingerprint density at radius 1 is 1.08 bits per heavy atom. The SMILES string of the molecule is NC1(CCC=O)CN(C(=O)c2ccc(-c3ccc(F)c(F)c3F)cc2)C1. The minimum absolute atomic E-state index is 0.0818. The second kappa shape index (κ2) is 6.92. The van der Waals surface area contributed by atoms with Crippen LogP contribution in [-0.4, -0.2) is 35.7 Å². The van der Waals surface area contributed by atoms with Crippen LogP contribution in [0.2, 0.25) is 0 Å². The second-order valence-electron chi connectivity index (χ2n) is 6.53. The molecule has 136 valence electrons. The van der Waals surface area contributed by atoms with Crippen molar-refractivity contribution in [1.82, 2.24) is 4.90 Å². The summed E-state index contributed by atoms with van der Waals surface area (Å²) in [5, 5.41) is 0. The van der Waals surface area contributed by atoms with Gasteiger partial charge in [0.1, 0.15) is 6.29 Å². The highest BCUT2D eigenvalue weighted by atomic mass is 19.2. The minimum Gasteiger partial charge on any atom is -0.335 e. The first-order valence-corrected chi connectivity index (χ1v) is 8.10. The van der Waals surface area contributed by atoms with Gasteiger partial charge in [0.2, 0.25) is 0 Å². The molecule has 1 fully saturated rings. The lowest BCUT2D eigenvalue weighted by atomic mass is 9.86. The summed E-state index contributed by atoms with van der Waals surface area (Å²) in [5.74, 6) is -4.28. The maximum atomic E-state index is 13.9. The van der Waals surface area contributed by atoms with Crippen LogP contribution in [0.5, 0.6) is 0 Å². The number of amides is 1. The van der Waals surface area contributed by atoms with E-state index in [1.807, 2.05) is 0 Å². The van der Waals surface area contributed by atoms with Crippen LogP contribution in [0.1, 0.15) is 23.2 Å². The van der Waals surface area contributed by atoms with Crippen LogP contribution in [0, 0.1) is 17.5 Å². The van der Waals surface area contributed by atoms with Crippen LogP contribution >= 0.6 is 0 Å². The van der Waals surface area contributed by atoms with Crippen LogP contribution in [0.4, 0.5) is 13.2 Å². The fourth-order valence-electron chi connectivity index (χ4n) is 3.09. The molecule has 2 N–H and O–H groups in total. The van der Waals surface area contributed by atoms with Crippen molar-refractivity contribution in [1.29, 1.82) is 0 Å². The number of carbonyl (C=O) groups excluding carboxylic acids is 2. The van der Waals surface area contributed by atoms with Crippen LogP contribution in [0.25, 0.3) is 11.1 Å². The molecule has 0 saturated carbocycles. The highest BCUT2D eigenvalue weighted by molar-refractivity contribution is 5.95. The number of benzene rings is 2. The maximum absolute atomic E-state index is 13.9. The van der Waals surface area contributed by atoms with Gasteiger partial charge in [-0.3, -0.25) is 4.79 Å².